The lowest BCUT2D eigenvalue weighted by Gasteiger charge is -2.32. The van der Waals surface area contributed by atoms with Crippen molar-refractivity contribution in [1.29, 1.82) is 0 Å². The van der Waals surface area contributed by atoms with Crippen LogP contribution in [-0.2, 0) is 0 Å². The van der Waals surface area contributed by atoms with E-state index >= 15 is 0 Å². The van der Waals surface area contributed by atoms with Gasteiger partial charge in [-0.1, -0.05) is 6.42 Å². The predicted molar refractivity (Wildman–Crippen MR) is 80.0 cm³/mol. The highest BCUT2D eigenvalue weighted by Gasteiger charge is 2.32. The second-order valence-electron chi connectivity index (χ2n) is 6.04. The maximum Gasteiger partial charge on any atom is 0.252 e. The van der Waals surface area contributed by atoms with Crippen LogP contribution in [0.25, 0.3) is 0 Å². The van der Waals surface area contributed by atoms with Gasteiger partial charge in [-0.25, -0.2) is 4.98 Å². The smallest absolute Gasteiger partial charge is 0.252 e. The molecule has 2 unspecified atom stereocenters. The van der Waals surface area contributed by atoms with Crippen LogP contribution in [0, 0.1) is 5.92 Å². The van der Waals surface area contributed by atoms with Crippen molar-refractivity contribution in [2.75, 3.05) is 18.0 Å². The first-order valence-electron chi connectivity index (χ1n) is 7.81. The van der Waals surface area contributed by atoms with E-state index in [9.17, 15) is 4.79 Å². The zero-order valence-electron chi connectivity index (χ0n) is 12.1. The summed E-state index contributed by atoms with van der Waals surface area (Å²) in [5.74, 6) is 2.70. The molecular formula is C15H24N4O. The second-order valence-corrected chi connectivity index (χ2v) is 6.04. The minimum absolute atomic E-state index is 0.0300. The number of H-pyrrole nitrogens is 1. The molecule has 0 spiro atoms. The van der Waals surface area contributed by atoms with E-state index in [2.05, 4.69) is 16.8 Å². The minimum atomic E-state index is -0.0300. The number of aromatic nitrogens is 2. The molecule has 1 aromatic rings. The molecule has 3 rings (SSSR count). The van der Waals surface area contributed by atoms with Gasteiger partial charge < -0.3 is 15.6 Å². The number of nitrogens with two attached hydrogens (primary N) is 1. The Labute approximate surface area is 119 Å². The zero-order chi connectivity index (χ0) is 14.1. The van der Waals surface area contributed by atoms with Gasteiger partial charge in [-0.2, -0.15) is 0 Å². The Morgan fingerprint density at radius 1 is 1.40 bits per heavy atom. The van der Waals surface area contributed by atoms with Crippen LogP contribution in [0.2, 0.25) is 0 Å². The average Bonchev–Trinajstić information content (AvgIpc) is 3.19. The Kier molecular flexibility index (Phi) is 3.78. The first-order valence-corrected chi connectivity index (χ1v) is 7.81. The molecule has 2 fully saturated rings. The molecule has 0 aliphatic heterocycles. The number of nitrogens with one attached hydrogen (secondary N) is 1. The Bertz CT molecular complexity index is 523. The lowest BCUT2D eigenvalue weighted by atomic mass is 10.0. The molecule has 20 heavy (non-hydrogen) atoms. The highest BCUT2D eigenvalue weighted by molar-refractivity contribution is 5.40. The summed E-state index contributed by atoms with van der Waals surface area (Å²) in [6.45, 7) is 3.73. The van der Waals surface area contributed by atoms with Gasteiger partial charge in [0, 0.05) is 24.6 Å². The molecule has 1 aromatic heterocycles. The molecule has 0 saturated heterocycles. The summed E-state index contributed by atoms with van der Waals surface area (Å²) in [4.78, 5) is 21.8. The van der Waals surface area contributed by atoms with Crippen molar-refractivity contribution in [2.24, 2.45) is 11.7 Å². The lowest BCUT2D eigenvalue weighted by molar-refractivity contribution is 0.459. The van der Waals surface area contributed by atoms with Crippen molar-refractivity contribution in [3.05, 3.63) is 22.2 Å². The summed E-state index contributed by atoms with van der Waals surface area (Å²) < 4.78 is 0. The van der Waals surface area contributed by atoms with Gasteiger partial charge in [-0.3, -0.25) is 4.79 Å². The molecule has 5 nitrogen and oxygen atoms in total. The molecule has 2 aliphatic carbocycles. The Balaban J connectivity index is 1.90. The molecular weight excluding hydrogens is 252 g/mol. The van der Waals surface area contributed by atoms with E-state index in [1.54, 1.807) is 6.07 Å². The summed E-state index contributed by atoms with van der Waals surface area (Å²) in [6, 6.07) is 2.08. The van der Waals surface area contributed by atoms with Crippen LogP contribution in [0.4, 0.5) is 5.82 Å². The minimum Gasteiger partial charge on any atom is -0.353 e. The van der Waals surface area contributed by atoms with Gasteiger partial charge >= 0.3 is 0 Å². The quantitative estimate of drug-likeness (QED) is 0.856. The van der Waals surface area contributed by atoms with Crippen LogP contribution < -0.4 is 16.2 Å². The Hall–Kier alpha value is -1.36. The van der Waals surface area contributed by atoms with E-state index in [0.717, 1.165) is 44.0 Å². The van der Waals surface area contributed by atoms with Gasteiger partial charge in [-0.05, 0) is 45.1 Å². The first-order chi connectivity index (χ1) is 9.72. The molecule has 5 heteroatoms. The lowest BCUT2D eigenvalue weighted by Crippen LogP contribution is -2.41. The second kappa shape index (κ2) is 5.56. The number of rotatable bonds is 5. The monoisotopic (exact) mass is 276 g/mol. The molecule has 0 amide bonds. The van der Waals surface area contributed by atoms with Gasteiger partial charge in [0.1, 0.15) is 11.6 Å². The largest absolute Gasteiger partial charge is 0.353 e. The van der Waals surface area contributed by atoms with Crippen LogP contribution in [0.3, 0.4) is 0 Å². The van der Waals surface area contributed by atoms with Gasteiger partial charge in [-0.15, -0.1) is 0 Å². The first kappa shape index (κ1) is 13.6. The number of anilines is 1. The van der Waals surface area contributed by atoms with Crippen LogP contribution in [0.15, 0.2) is 10.9 Å². The summed E-state index contributed by atoms with van der Waals surface area (Å²) >= 11 is 0. The molecule has 2 saturated carbocycles. The molecule has 0 radical (unpaired) electrons. The average molecular weight is 276 g/mol. The van der Waals surface area contributed by atoms with Crippen molar-refractivity contribution in [3.63, 3.8) is 0 Å². The molecule has 2 atom stereocenters. The Morgan fingerprint density at radius 2 is 2.20 bits per heavy atom. The van der Waals surface area contributed by atoms with Crippen molar-refractivity contribution >= 4 is 5.82 Å². The van der Waals surface area contributed by atoms with E-state index in [0.29, 0.717) is 17.9 Å². The molecule has 110 valence electrons. The normalized spacial score (nSPS) is 25.9. The summed E-state index contributed by atoms with van der Waals surface area (Å²) in [5.41, 5.74) is 5.87. The van der Waals surface area contributed by atoms with Gasteiger partial charge in [0.15, 0.2) is 0 Å². The fraction of sp³-hybridized carbons (Fsp3) is 0.733. The van der Waals surface area contributed by atoms with E-state index in [1.807, 2.05) is 0 Å². The van der Waals surface area contributed by atoms with E-state index in [1.165, 1.54) is 12.8 Å². The summed E-state index contributed by atoms with van der Waals surface area (Å²) in [6.07, 6.45) is 5.86. The Morgan fingerprint density at radius 3 is 2.85 bits per heavy atom. The van der Waals surface area contributed by atoms with Crippen molar-refractivity contribution < 1.29 is 0 Å². The zero-order valence-corrected chi connectivity index (χ0v) is 12.1. The molecule has 1 heterocycles. The van der Waals surface area contributed by atoms with E-state index in [4.69, 9.17) is 10.7 Å². The highest BCUT2D eigenvalue weighted by atomic mass is 16.1. The van der Waals surface area contributed by atoms with Crippen molar-refractivity contribution in [3.8, 4) is 0 Å². The molecule has 2 aliphatic rings. The predicted octanol–water partition coefficient (Wildman–Crippen LogP) is 1.60. The molecule has 0 aromatic carbocycles. The third-order valence-electron chi connectivity index (χ3n) is 4.67. The van der Waals surface area contributed by atoms with Crippen LogP contribution >= 0.6 is 0 Å². The summed E-state index contributed by atoms with van der Waals surface area (Å²) in [5, 5.41) is 0. The number of nitrogens with zero attached hydrogens (tertiary/aromatic N) is 2. The van der Waals surface area contributed by atoms with Crippen molar-refractivity contribution in [1.82, 2.24) is 9.97 Å². The highest BCUT2D eigenvalue weighted by Crippen LogP contribution is 2.38. The van der Waals surface area contributed by atoms with Gasteiger partial charge in [0.2, 0.25) is 0 Å². The third-order valence-corrected chi connectivity index (χ3v) is 4.67. The van der Waals surface area contributed by atoms with E-state index in [-0.39, 0.29) is 5.56 Å². The number of hydrogen-bond donors (Lipinski definition) is 2. The van der Waals surface area contributed by atoms with Crippen LogP contribution in [0.1, 0.15) is 50.8 Å². The molecule has 0 bridgehead atoms. The topological polar surface area (TPSA) is 75.0 Å². The van der Waals surface area contributed by atoms with Gasteiger partial charge in [0.05, 0.1) is 0 Å². The van der Waals surface area contributed by atoms with Crippen LogP contribution in [0.5, 0.6) is 0 Å². The number of hydrogen-bond acceptors (Lipinski definition) is 4. The van der Waals surface area contributed by atoms with E-state index < -0.39 is 0 Å². The fourth-order valence-corrected chi connectivity index (χ4v) is 3.43. The van der Waals surface area contributed by atoms with Gasteiger partial charge in [0.25, 0.3) is 5.56 Å². The molecule has 3 N–H and O–H groups in total. The maximum absolute atomic E-state index is 11.9. The number of aromatic amines is 1. The van der Waals surface area contributed by atoms with Crippen LogP contribution in [-0.4, -0.2) is 29.1 Å². The maximum atomic E-state index is 11.9. The van der Waals surface area contributed by atoms with Crippen molar-refractivity contribution in [2.45, 2.75) is 51.0 Å². The fourth-order valence-electron chi connectivity index (χ4n) is 3.43. The summed E-state index contributed by atoms with van der Waals surface area (Å²) in [7, 11) is 0. The standard InChI is InChI=1S/C15H24N4O/c1-2-19(12-5-3-4-11(12)9-16)13-8-14(20)18-15(17-13)10-6-7-10/h8,10-12H,2-7,9,16H2,1H3,(H,17,18,20). The SMILES string of the molecule is CCN(c1cc(=O)[nH]c(C2CC2)n1)C1CCCC1CN. The third kappa shape index (κ3) is 2.59.